The van der Waals surface area contributed by atoms with E-state index in [4.69, 9.17) is 10.1 Å². The van der Waals surface area contributed by atoms with Gasteiger partial charge in [0.15, 0.2) is 0 Å². The topological polar surface area (TPSA) is 95.3 Å². The van der Waals surface area contributed by atoms with Crippen molar-refractivity contribution in [3.63, 3.8) is 0 Å². The number of hydrogen-bond acceptors (Lipinski definition) is 4. The maximum Gasteiger partial charge on any atom is 0.202 e. The van der Waals surface area contributed by atoms with Gasteiger partial charge in [-0.15, -0.1) is 0 Å². The number of nitrogens with zero attached hydrogens (tertiary/aromatic N) is 3. The summed E-state index contributed by atoms with van der Waals surface area (Å²) in [6, 6.07) is 0. The Hall–Kier alpha value is -0.540. The Morgan fingerprint density at radius 3 is 2.67 bits per heavy atom. The minimum Gasteiger partial charge on any atom is -0.392 e. The molecule has 7 heteroatoms. The molecule has 0 fully saturated rings. The molecule has 88 valence electrons. The molecule has 0 saturated carbocycles. The van der Waals surface area contributed by atoms with E-state index in [1.165, 1.54) is 6.66 Å². The van der Waals surface area contributed by atoms with Gasteiger partial charge < -0.3 is 9.63 Å². The summed E-state index contributed by atoms with van der Waals surface area (Å²) in [5, 5.41) is 12.6. The molecule has 6 nitrogen and oxygen atoms in total. The molecule has 0 saturated heterocycles. The Balaban J connectivity index is 4.01. The van der Waals surface area contributed by atoms with Gasteiger partial charge in [0.25, 0.3) is 0 Å². The first-order valence-electron chi connectivity index (χ1n) is 4.77. The van der Waals surface area contributed by atoms with Crippen LogP contribution in [0.3, 0.4) is 0 Å². The fourth-order valence-electron chi connectivity index (χ4n) is 0.931. The molecule has 0 radical (unpaired) electrons. The predicted octanol–water partition coefficient (Wildman–Crippen LogP) is 2.24. The van der Waals surface area contributed by atoms with Crippen molar-refractivity contribution in [3.8, 4) is 0 Å². The normalized spacial score (nSPS) is 16.9. The van der Waals surface area contributed by atoms with Gasteiger partial charge in [-0.25, -0.2) is 0 Å². The minimum absolute atomic E-state index is 0.0265. The highest BCUT2D eigenvalue weighted by Gasteiger charge is 2.21. The number of aliphatic hydroxyl groups excluding tert-OH is 1. The van der Waals surface area contributed by atoms with Crippen LogP contribution in [0.1, 0.15) is 13.8 Å². The van der Waals surface area contributed by atoms with E-state index in [0.29, 0.717) is 12.5 Å². The van der Waals surface area contributed by atoms with Crippen LogP contribution in [0.15, 0.2) is 5.11 Å². The van der Waals surface area contributed by atoms with Gasteiger partial charge in [0.2, 0.25) is 7.37 Å². The standard InChI is InChI=1S/C8H18N3O3P/c1-7(2)5-14-15(3,13)6-8(12)4-10-11-9/h7-8,12H,4-6H2,1-3H3/t8-,15?/m0/s1. The van der Waals surface area contributed by atoms with Crippen molar-refractivity contribution < 1.29 is 14.2 Å². The van der Waals surface area contributed by atoms with Crippen LogP contribution < -0.4 is 0 Å². The third-order valence-electron chi connectivity index (χ3n) is 1.58. The van der Waals surface area contributed by atoms with E-state index >= 15 is 0 Å². The average molecular weight is 235 g/mol. The van der Waals surface area contributed by atoms with E-state index in [-0.39, 0.29) is 12.7 Å². The summed E-state index contributed by atoms with van der Waals surface area (Å²) in [5.41, 5.74) is 8.04. The lowest BCUT2D eigenvalue weighted by atomic mass is 10.2. The lowest BCUT2D eigenvalue weighted by Gasteiger charge is -2.17. The Bertz CT molecular complexity index is 276. The quantitative estimate of drug-likeness (QED) is 0.317. The molecule has 0 aliphatic heterocycles. The summed E-state index contributed by atoms with van der Waals surface area (Å²) in [7, 11) is -2.78. The second-order valence-corrected chi connectivity index (χ2v) is 6.61. The van der Waals surface area contributed by atoms with Crippen molar-refractivity contribution in [1.82, 2.24) is 0 Å². The summed E-state index contributed by atoms with van der Waals surface area (Å²) in [6.45, 7) is 5.73. The molecular formula is C8H18N3O3P. The first-order chi connectivity index (χ1) is 6.87. The molecule has 0 aromatic carbocycles. The van der Waals surface area contributed by atoms with Crippen LogP contribution in [0, 0.1) is 5.92 Å². The Labute approximate surface area is 89.7 Å². The van der Waals surface area contributed by atoms with Gasteiger partial charge in [-0.05, 0) is 11.4 Å². The van der Waals surface area contributed by atoms with E-state index in [1.54, 1.807) is 0 Å². The fraction of sp³-hybridized carbons (Fsp3) is 1.00. The first-order valence-corrected chi connectivity index (χ1v) is 7.03. The molecule has 0 aliphatic rings. The molecule has 0 rings (SSSR count). The fourth-order valence-corrected chi connectivity index (χ4v) is 2.53. The highest BCUT2D eigenvalue weighted by Crippen LogP contribution is 2.43. The third-order valence-corrected chi connectivity index (χ3v) is 3.36. The molecule has 0 bridgehead atoms. The van der Waals surface area contributed by atoms with Gasteiger partial charge in [0.05, 0.1) is 25.4 Å². The number of azide groups is 1. The molecule has 0 aliphatic carbocycles. The lowest BCUT2D eigenvalue weighted by Crippen LogP contribution is -2.17. The monoisotopic (exact) mass is 235 g/mol. The van der Waals surface area contributed by atoms with Crippen LogP contribution >= 0.6 is 7.37 Å². The number of rotatable bonds is 7. The van der Waals surface area contributed by atoms with E-state index in [2.05, 4.69) is 10.0 Å². The van der Waals surface area contributed by atoms with E-state index < -0.39 is 13.5 Å². The summed E-state index contributed by atoms with van der Waals surface area (Å²) in [4.78, 5) is 2.51. The molecule has 1 N–H and O–H groups in total. The van der Waals surface area contributed by atoms with Crippen LogP contribution in [0.25, 0.3) is 10.4 Å². The van der Waals surface area contributed by atoms with Gasteiger partial charge in [-0.2, -0.15) is 0 Å². The van der Waals surface area contributed by atoms with Crippen LogP contribution in [0.2, 0.25) is 0 Å². The van der Waals surface area contributed by atoms with Gasteiger partial charge >= 0.3 is 0 Å². The first kappa shape index (κ1) is 14.5. The molecule has 0 amide bonds. The molecule has 1 unspecified atom stereocenters. The highest BCUT2D eigenvalue weighted by molar-refractivity contribution is 7.58. The summed E-state index contributed by atoms with van der Waals surface area (Å²) in [5.74, 6) is 0.299. The lowest BCUT2D eigenvalue weighted by molar-refractivity contribution is 0.195. The molecule has 0 aromatic heterocycles. The summed E-state index contributed by atoms with van der Waals surface area (Å²) in [6.07, 6.45) is -0.873. The molecular weight excluding hydrogens is 217 g/mol. The third kappa shape index (κ3) is 8.45. The molecule has 0 aromatic rings. The molecule has 0 spiro atoms. The smallest absolute Gasteiger partial charge is 0.202 e. The van der Waals surface area contributed by atoms with Crippen molar-refractivity contribution in [3.05, 3.63) is 10.4 Å². The zero-order valence-electron chi connectivity index (χ0n) is 9.33. The maximum atomic E-state index is 11.8. The van der Waals surface area contributed by atoms with E-state index in [0.717, 1.165) is 0 Å². The van der Waals surface area contributed by atoms with Crippen molar-refractivity contribution in [2.24, 2.45) is 11.0 Å². The second-order valence-electron chi connectivity index (χ2n) is 3.95. The second kappa shape index (κ2) is 6.85. The van der Waals surface area contributed by atoms with E-state index in [9.17, 15) is 9.67 Å². The maximum absolute atomic E-state index is 11.8. The summed E-state index contributed by atoms with van der Waals surface area (Å²) < 4.78 is 17.0. The predicted molar refractivity (Wildman–Crippen MR) is 59.2 cm³/mol. The minimum atomic E-state index is -2.78. The Morgan fingerprint density at radius 1 is 1.60 bits per heavy atom. The largest absolute Gasteiger partial charge is 0.392 e. The SMILES string of the molecule is CC(C)COP(C)(=O)C[C@@H](O)CN=[N+]=[N-]. The zero-order chi connectivity index (χ0) is 11.9. The Kier molecular flexibility index (Phi) is 6.61. The van der Waals surface area contributed by atoms with Crippen molar-refractivity contribution in [2.75, 3.05) is 26.0 Å². The van der Waals surface area contributed by atoms with Crippen molar-refractivity contribution >= 4 is 7.37 Å². The molecule has 15 heavy (non-hydrogen) atoms. The van der Waals surface area contributed by atoms with Crippen molar-refractivity contribution in [1.29, 1.82) is 0 Å². The van der Waals surface area contributed by atoms with Gasteiger partial charge in [0, 0.05) is 11.6 Å². The van der Waals surface area contributed by atoms with Gasteiger partial charge in [0.1, 0.15) is 0 Å². The number of aliphatic hydroxyl groups is 1. The van der Waals surface area contributed by atoms with Gasteiger partial charge in [-0.3, -0.25) is 4.57 Å². The summed E-state index contributed by atoms with van der Waals surface area (Å²) >= 11 is 0. The van der Waals surface area contributed by atoms with E-state index in [1.807, 2.05) is 13.8 Å². The molecule has 2 atom stereocenters. The van der Waals surface area contributed by atoms with Crippen LogP contribution in [0.4, 0.5) is 0 Å². The molecule has 0 heterocycles. The highest BCUT2D eigenvalue weighted by atomic mass is 31.2. The van der Waals surface area contributed by atoms with Gasteiger partial charge in [-0.1, -0.05) is 19.0 Å². The Morgan fingerprint density at radius 2 is 2.20 bits per heavy atom. The zero-order valence-corrected chi connectivity index (χ0v) is 10.2. The van der Waals surface area contributed by atoms with Crippen LogP contribution in [0.5, 0.6) is 0 Å². The van der Waals surface area contributed by atoms with Crippen LogP contribution in [-0.4, -0.2) is 37.2 Å². The average Bonchev–Trinajstić information content (AvgIpc) is 2.11. The van der Waals surface area contributed by atoms with Crippen LogP contribution in [-0.2, 0) is 9.09 Å². The van der Waals surface area contributed by atoms with Crippen molar-refractivity contribution in [2.45, 2.75) is 20.0 Å². The number of hydrogen-bond donors (Lipinski definition) is 1.